The molecule has 0 aliphatic heterocycles. The second kappa shape index (κ2) is 7.82. The maximum atomic E-state index is 12.8. The van der Waals surface area contributed by atoms with Crippen molar-refractivity contribution < 1.29 is 4.79 Å². The molecule has 0 fully saturated rings. The van der Waals surface area contributed by atoms with Crippen molar-refractivity contribution in [3.05, 3.63) is 64.7 Å². The summed E-state index contributed by atoms with van der Waals surface area (Å²) in [6, 6.07) is 14.3. The smallest absolute Gasteiger partial charge is 0.210 e. The Morgan fingerprint density at radius 2 is 2.00 bits per heavy atom. The van der Waals surface area contributed by atoms with E-state index in [9.17, 15) is 4.79 Å². The Morgan fingerprint density at radius 3 is 2.85 bits per heavy atom. The van der Waals surface area contributed by atoms with Gasteiger partial charge in [0.2, 0.25) is 5.13 Å². The fraction of sp³-hybridized carbons (Fsp3) is 0.286. The van der Waals surface area contributed by atoms with Gasteiger partial charge in [-0.05, 0) is 68.0 Å². The number of nitrogens with zero attached hydrogens (tertiary/aromatic N) is 2. The number of hydrogen-bond donors (Lipinski definition) is 1. The van der Waals surface area contributed by atoms with Gasteiger partial charge in [-0.15, -0.1) is 10.2 Å². The molecule has 0 amide bonds. The Bertz CT molecular complexity index is 983. The summed E-state index contributed by atoms with van der Waals surface area (Å²) in [4.78, 5) is 12.8. The van der Waals surface area contributed by atoms with E-state index in [0.29, 0.717) is 0 Å². The number of hydrogen-bond acceptors (Lipinski definition) is 6. The summed E-state index contributed by atoms with van der Waals surface area (Å²) >= 11 is 2.94. The molecule has 0 unspecified atom stereocenters. The largest absolute Gasteiger partial charge is 0.330 e. The third-order valence-electron chi connectivity index (χ3n) is 4.71. The van der Waals surface area contributed by atoms with Crippen molar-refractivity contribution >= 4 is 39.7 Å². The molecule has 27 heavy (non-hydrogen) atoms. The van der Waals surface area contributed by atoms with Gasteiger partial charge in [-0.25, -0.2) is 0 Å². The molecule has 0 bridgehead atoms. The highest BCUT2D eigenvalue weighted by Crippen LogP contribution is 2.32. The van der Waals surface area contributed by atoms with Crippen LogP contribution in [-0.4, -0.2) is 21.2 Å². The fourth-order valence-corrected chi connectivity index (χ4v) is 5.31. The van der Waals surface area contributed by atoms with Crippen LogP contribution in [0.15, 0.2) is 46.8 Å². The molecule has 1 N–H and O–H groups in total. The molecule has 1 aliphatic carbocycles. The van der Waals surface area contributed by atoms with Gasteiger partial charge in [0.05, 0.1) is 5.25 Å². The standard InChI is InChI=1S/C21H21N3OS2/c1-13-5-3-8-18(11-13)22-20-23-24-21(27-20)26-14(2)19(25)17-10-9-15-6-4-7-16(15)12-17/h3,5,8-12,14H,4,6-7H2,1-2H3,(H,22,23)/t14-/m0/s1. The monoisotopic (exact) mass is 395 g/mol. The predicted octanol–water partition coefficient (Wildman–Crippen LogP) is 5.44. The summed E-state index contributed by atoms with van der Waals surface area (Å²) in [7, 11) is 0. The van der Waals surface area contributed by atoms with Crippen molar-refractivity contribution in [3.63, 3.8) is 0 Å². The highest BCUT2D eigenvalue weighted by atomic mass is 32.2. The number of aromatic nitrogens is 2. The fourth-order valence-electron chi connectivity index (χ4n) is 3.32. The molecule has 4 rings (SSSR count). The number of carbonyl (C=O) groups excluding carboxylic acids is 1. The van der Waals surface area contributed by atoms with Crippen LogP contribution in [0.3, 0.4) is 0 Å². The second-order valence-electron chi connectivity index (χ2n) is 6.83. The summed E-state index contributed by atoms with van der Waals surface area (Å²) < 4.78 is 0.798. The molecule has 1 atom stereocenters. The number of Topliss-reactive ketones (excluding diaryl/α,β-unsaturated/α-hetero) is 1. The van der Waals surface area contributed by atoms with Gasteiger partial charge >= 0.3 is 0 Å². The molecular formula is C21H21N3OS2. The van der Waals surface area contributed by atoms with E-state index < -0.39 is 0 Å². The number of nitrogens with one attached hydrogen (secondary N) is 1. The van der Waals surface area contributed by atoms with Gasteiger partial charge in [0.1, 0.15) is 0 Å². The first kappa shape index (κ1) is 18.2. The van der Waals surface area contributed by atoms with Crippen LogP contribution in [0.4, 0.5) is 10.8 Å². The summed E-state index contributed by atoms with van der Waals surface area (Å²) in [5.41, 5.74) is 5.71. The van der Waals surface area contributed by atoms with Gasteiger partial charge in [0, 0.05) is 11.3 Å². The van der Waals surface area contributed by atoms with E-state index in [1.807, 2.05) is 25.1 Å². The van der Waals surface area contributed by atoms with Crippen molar-refractivity contribution in [2.75, 3.05) is 5.32 Å². The summed E-state index contributed by atoms with van der Waals surface area (Å²) in [6.45, 7) is 3.99. The van der Waals surface area contributed by atoms with Crippen molar-refractivity contribution in [2.24, 2.45) is 0 Å². The molecule has 0 spiro atoms. The van der Waals surface area contributed by atoms with Gasteiger partial charge in [-0.1, -0.05) is 47.4 Å². The zero-order chi connectivity index (χ0) is 18.8. The lowest BCUT2D eigenvalue weighted by molar-refractivity contribution is 0.0994. The Morgan fingerprint density at radius 1 is 1.15 bits per heavy atom. The minimum atomic E-state index is -0.191. The van der Waals surface area contributed by atoms with Gasteiger partial charge in [-0.3, -0.25) is 4.79 Å². The van der Waals surface area contributed by atoms with Crippen molar-refractivity contribution in [3.8, 4) is 0 Å². The SMILES string of the molecule is Cc1cccc(Nc2nnc(S[C@@H](C)C(=O)c3ccc4c(c3)CCC4)s2)c1. The van der Waals surface area contributed by atoms with Crippen LogP contribution in [-0.2, 0) is 12.8 Å². The van der Waals surface area contributed by atoms with E-state index in [-0.39, 0.29) is 11.0 Å². The molecule has 1 aromatic heterocycles. The number of benzene rings is 2. The average Bonchev–Trinajstić information content (AvgIpc) is 3.29. The second-order valence-corrected chi connectivity index (χ2v) is 9.39. The zero-order valence-corrected chi connectivity index (χ0v) is 17.0. The van der Waals surface area contributed by atoms with Crippen LogP contribution >= 0.6 is 23.1 Å². The number of rotatable bonds is 6. The first-order chi connectivity index (χ1) is 13.1. The summed E-state index contributed by atoms with van der Waals surface area (Å²) in [6.07, 6.45) is 3.41. The minimum Gasteiger partial charge on any atom is -0.330 e. The van der Waals surface area contributed by atoms with Crippen LogP contribution < -0.4 is 5.32 Å². The van der Waals surface area contributed by atoms with Crippen molar-refractivity contribution in [1.29, 1.82) is 0 Å². The molecule has 2 aromatic carbocycles. The van der Waals surface area contributed by atoms with E-state index in [0.717, 1.165) is 33.6 Å². The lowest BCUT2D eigenvalue weighted by atomic mass is 10.0. The third kappa shape index (κ3) is 4.22. The molecule has 6 heteroatoms. The minimum absolute atomic E-state index is 0.151. The topological polar surface area (TPSA) is 54.9 Å². The normalized spacial score (nSPS) is 14.0. The van der Waals surface area contributed by atoms with Crippen LogP contribution in [0.1, 0.15) is 40.4 Å². The molecule has 0 saturated carbocycles. The highest BCUT2D eigenvalue weighted by molar-refractivity contribution is 8.02. The number of thioether (sulfide) groups is 1. The number of fused-ring (bicyclic) bond motifs is 1. The zero-order valence-electron chi connectivity index (χ0n) is 15.4. The number of ketones is 1. The predicted molar refractivity (Wildman–Crippen MR) is 112 cm³/mol. The van der Waals surface area contributed by atoms with Crippen LogP contribution in [0.5, 0.6) is 0 Å². The van der Waals surface area contributed by atoms with Crippen LogP contribution in [0.2, 0.25) is 0 Å². The maximum Gasteiger partial charge on any atom is 0.210 e. The lowest BCUT2D eigenvalue weighted by Crippen LogP contribution is -2.13. The van der Waals surface area contributed by atoms with Crippen molar-refractivity contribution in [2.45, 2.75) is 42.7 Å². The number of aryl methyl sites for hydroxylation is 3. The Labute approximate surface area is 167 Å². The number of anilines is 2. The Hall–Kier alpha value is -2.18. The maximum absolute atomic E-state index is 12.8. The Balaban J connectivity index is 1.41. The van der Waals surface area contributed by atoms with Gasteiger partial charge in [0.25, 0.3) is 0 Å². The molecule has 0 radical (unpaired) electrons. The summed E-state index contributed by atoms with van der Waals surface area (Å²) in [5.74, 6) is 0.151. The van der Waals surface area contributed by atoms with Gasteiger partial charge < -0.3 is 5.32 Å². The van der Waals surface area contributed by atoms with Crippen molar-refractivity contribution in [1.82, 2.24) is 10.2 Å². The molecule has 1 heterocycles. The Kier molecular flexibility index (Phi) is 5.27. The van der Waals surface area contributed by atoms with E-state index in [1.165, 1.54) is 46.2 Å². The molecule has 0 saturated heterocycles. The molecule has 4 nitrogen and oxygen atoms in total. The molecule has 3 aromatic rings. The van der Waals surface area contributed by atoms with E-state index in [4.69, 9.17) is 0 Å². The molecule has 1 aliphatic rings. The molecular weight excluding hydrogens is 374 g/mol. The van der Waals surface area contributed by atoms with E-state index >= 15 is 0 Å². The quantitative estimate of drug-likeness (QED) is 0.445. The van der Waals surface area contributed by atoms with Gasteiger partial charge in [-0.2, -0.15) is 0 Å². The summed E-state index contributed by atoms with van der Waals surface area (Å²) in [5, 5.41) is 12.2. The van der Waals surface area contributed by atoms with Gasteiger partial charge in [0.15, 0.2) is 10.1 Å². The third-order valence-corrected chi connectivity index (χ3v) is 6.73. The average molecular weight is 396 g/mol. The van der Waals surface area contributed by atoms with E-state index in [1.54, 1.807) is 0 Å². The van der Waals surface area contributed by atoms with Crippen LogP contribution in [0, 0.1) is 6.92 Å². The highest BCUT2D eigenvalue weighted by Gasteiger charge is 2.21. The van der Waals surface area contributed by atoms with Crippen LogP contribution in [0.25, 0.3) is 0 Å². The van der Waals surface area contributed by atoms with E-state index in [2.05, 4.69) is 46.7 Å². The molecule has 138 valence electrons. The first-order valence-corrected chi connectivity index (χ1v) is 10.8. The lowest BCUT2D eigenvalue weighted by Gasteiger charge is -2.09. The first-order valence-electron chi connectivity index (χ1n) is 9.08. The number of carbonyl (C=O) groups is 1.